The predicted molar refractivity (Wildman–Crippen MR) is 93.4 cm³/mol. The first-order chi connectivity index (χ1) is 11.2. The van der Waals surface area contributed by atoms with Crippen LogP contribution in [0.1, 0.15) is 43.7 Å². The van der Waals surface area contributed by atoms with Gasteiger partial charge < -0.3 is 5.32 Å². The van der Waals surface area contributed by atoms with E-state index in [9.17, 15) is 4.79 Å². The first kappa shape index (κ1) is 17.4. The number of unbranched alkanes of at least 4 members (excludes halogenated alkanes) is 2. The van der Waals surface area contributed by atoms with Crippen LogP contribution in [0.4, 0.5) is 5.13 Å². The Hall–Kier alpha value is -1.91. The molecule has 0 aliphatic rings. The van der Waals surface area contributed by atoms with Crippen LogP contribution in [0.15, 0.2) is 28.6 Å². The fourth-order valence-corrected chi connectivity index (χ4v) is 3.58. The molecule has 1 aromatic carbocycles. The summed E-state index contributed by atoms with van der Waals surface area (Å²) in [4.78, 5) is 11.7. The summed E-state index contributed by atoms with van der Waals surface area (Å²) in [6.07, 6.45) is 3.60. The molecule has 1 N–H and O–H groups in total. The highest BCUT2D eigenvalue weighted by Crippen LogP contribution is 2.28. The maximum atomic E-state index is 11.7. The number of rotatable bonds is 8. The molecule has 0 atom stereocenters. The Labute approximate surface area is 144 Å². The van der Waals surface area contributed by atoms with Crippen LogP contribution < -0.4 is 5.32 Å². The lowest BCUT2D eigenvalue weighted by Crippen LogP contribution is -2.10. The van der Waals surface area contributed by atoms with E-state index in [0.717, 1.165) is 34.9 Å². The maximum Gasteiger partial charge on any atom is 0.226 e. The van der Waals surface area contributed by atoms with Gasteiger partial charge in [0.2, 0.25) is 11.0 Å². The van der Waals surface area contributed by atoms with Crippen LogP contribution in [0.5, 0.6) is 0 Å². The zero-order valence-corrected chi connectivity index (χ0v) is 14.5. The van der Waals surface area contributed by atoms with Gasteiger partial charge >= 0.3 is 0 Å². The van der Waals surface area contributed by atoms with Gasteiger partial charge in [-0.25, -0.2) is 0 Å². The molecule has 0 spiro atoms. The predicted octanol–water partition coefficient (Wildman–Crippen LogP) is 4.22. The van der Waals surface area contributed by atoms with Crippen molar-refractivity contribution in [1.29, 1.82) is 5.26 Å². The van der Waals surface area contributed by atoms with Crippen molar-refractivity contribution in [3.63, 3.8) is 0 Å². The van der Waals surface area contributed by atoms with Crippen molar-refractivity contribution >= 4 is 34.1 Å². The quantitative estimate of drug-likeness (QED) is 0.440. The Bertz CT molecular complexity index is 676. The number of amides is 1. The van der Waals surface area contributed by atoms with Crippen molar-refractivity contribution in [3.05, 3.63) is 35.4 Å². The van der Waals surface area contributed by atoms with Crippen molar-refractivity contribution in [2.75, 3.05) is 5.32 Å². The van der Waals surface area contributed by atoms with E-state index < -0.39 is 0 Å². The zero-order chi connectivity index (χ0) is 16.5. The number of thioether (sulfide) groups is 1. The zero-order valence-electron chi connectivity index (χ0n) is 12.9. The summed E-state index contributed by atoms with van der Waals surface area (Å²) in [6, 6.07) is 9.57. The van der Waals surface area contributed by atoms with E-state index in [2.05, 4.69) is 28.5 Å². The van der Waals surface area contributed by atoms with Crippen LogP contribution in [0.25, 0.3) is 0 Å². The standard InChI is InChI=1S/C16H18N4OS2/c1-2-3-4-5-14(21)18-15-19-20-16(23-15)22-11-13-8-6-12(10-17)7-9-13/h6-9H,2-5,11H2,1H3,(H,18,19,21). The second kappa shape index (κ2) is 9.28. The number of nitriles is 1. The molecule has 7 heteroatoms. The van der Waals surface area contributed by atoms with Gasteiger partial charge in [0.15, 0.2) is 4.34 Å². The van der Waals surface area contributed by atoms with Gasteiger partial charge in [-0.05, 0) is 24.1 Å². The van der Waals surface area contributed by atoms with E-state index >= 15 is 0 Å². The van der Waals surface area contributed by atoms with Gasteiger partial charge in [0.05, 0.1) is 11.6 Å². The summed E-state index contributed by atoms with van der Waals surface area (Å²) in [5, 5.41) is 20.2. The van der Waals surface area contributed by atoms with E-state index in [1.807, 2.05) is 12.1 Å². The SMILES string of the molecule is CCCCCC(=O)Nc1nnc(SCc2ccc(C#N)cc2)s1. The van der Waals surface area contributed by atoms with E-state index in [1.165, 1.54) is 11.3 Å². The van der Waals surface area contributed by atoms with Crippen LogP contribution in [0.3, 0.4) is 0 Å². The van der Waals surface area contributed by atoms with Crippen LogP contribution in [-0.4, -0.2) is 16.1 Å². The molecule has 2 rings (SSSR count). The lowest BCUT2D eigenvalue weighted by Gasteiger charge is -2.00. The fraction of sp³-hybridized carbons (Fsp3) is 0.375. The molecule has 5 nitrogen and oxygen atoms in total. The highest BCUT2D eigenvalue weighted by Gasteiger charge is 2.08. The minimum absolute atomic E-state index is 0.00163. The van der Waals surface area contributed by atoms with Crippen molar-refractivity contribution in [2.45, 2.75) is 42.7 Å². The Balaban J connectivity index is 1.80. The van der Waals surface area contributed by atoms with Crippen LogP contribution in [0.2, 0.25) is 0 Å². The van der Waals surface area contributed by atoms with Gasteiger partial charge in [-0.15, -0.1) is 10.2 Å². The summed E-state index contributed by atoms with van der Waals surface area (Å²) in [7, 11) is 0. The minimum atomic E-state index is -0.00163. The van der Waals surface area contributed by atoms with E-state index in [0.29, 0.717) is 17.1 Å². The Morgan fingerprint density at radius 2 is 2.09 bits per heavy atom. The van der Waals surface area contributed by atoms with Gasteiger partial charge in [-0.1, -0.05) is 55.0 Å². The van der Waals surface area contributed by atoms with Crippen LogP contribution >= 0.6 is 23.1 Å². The second-order valence-electron chi connectivity index (χ2n) is 4.98. The molecule has 0 aliphatic heterocycles. The maximum absolute atomic E-state index is 11.7. The molecule has 0 bridgehead atoms. The molecular formula is C16H18N4OS2. The van der Waals surface area contributed by atoms with Crippen molar-refractivity contribution in [2.24, 2.45) is 0 Å². The number of hydrogen-bond donors (Lipinski definition) is 1. The lowest BCUT2D eigenvalue weighted by molar-refractivity contribution is -0.116. The van der Waals surface area contributed by atoms with Gasteiger partial charge in [0, 0.05) is 12.2 Å². The molecule has 0 unspecified atom stereocenters. The third kappa shape index (κ3) is 6.00. The fourth-order valence-electron chi connectivity index (χ4n) is 1.86. The highest BCUT2D eigenvalue weighted by atomic mass is 32.2. The Morgan fingerprint density at radius 1 is 1.30 bits per heavy atom. The largest absolute Gasteiger partial charge is 0.301 e. The normalized spacial score (nSPS) is 10.3. The third-order valence-corrected chi connectivity index (χ3v) is 5.15. The number of carbonyl (C=O) groups is 1. The molecular weight excluding hydrogens is 328 g/mol. The van der Waals surface area contributed by atoms with Gasteiger partial charge in [-0.2, -0.15) is 5.26 Å². The summed E-state index contributed by atoms with van der Waals surface area (Å²) in [6.45, 7) is 2.11. The van der Waals surface area contributed by atoms with E-state index in [4.69, 9.17) is 5.26 Å². The molecule has 0 saturated carbocycles. The smallest absolute Gasteiger partial charge is 0.226 e. The minimum Gasteiger partial charge on any atom is -0.301 e. The number of hydrogen-bond acceptors (Lipinski definition) is 6. The van der Waals surface area contributed by atoms with E-state index in [1.54, 1.807) is 23.9 Å². The number of benzene rings is 1. The van der Waals surface area contributed by atoms with Crippen LogP contribution in [0, 0.1) is 11.3 Å². The molecule has 23 heavy (non-hydrogen) atoms. The molecule has 1 heterocycles. The number of carbonyl (C=O) groups excluding carboxylic acids is 1. The summed E-state index contributed by atoms with van der Waals surface area (Å²) in [5.41, 5.74) is 1.78. The highest BCUT2D eigenvalue weighted by molar-refractivity contribution is 8.00. The molecule has 1 amide bonds. The van der Waals surface area contributed by atoms with Gasteiger partial charge in [0.25, 0.3) is 0 Å². The Kier molecular flexibility index (Phi) is 7.04. The van der Waals surface area contributed by atoms with Crippen molar-refractivity contribution < 1.29 is 4.79 Å². The van der Waals surface area contributed by atoms with Crippen molar-refractivity contribution in [3.8, 4) is 6.07 Å². The second-order valence-corrected chi connectivity index (χ2v) is 7.18. The van der Waals surface area contributed by atoms with Crippen molar-refractivity contribution in [1.82, 2.24) is 10.2 Å². The monoisotopic (exact) mass is 346 g/mol. The van der Waals surface area contributed by atoms with E-state index in [-0.39, 0.29) is 5.91 Å². The topological polar surface area (TPSA) is 78.7 Å². The summed E-state index contributed by atoms with van der Waals surface area (Å²) in [5.74, 6) is 0.753. The van der Waals surface area contributed by atoms with Crippen LogP contribution in [-0.2, 0) is 10.5 Å². The number of aromatic nitrogens is 2. The first-order valence-electron chi connectivity index (χ1n) is 7.46. The molecule has 120 valence electrons. The average molecular weight is 346 g/mol. The van der Waals surface area contributed by atoms with Gasteiger partial charge in [0.1, 0.15) is 0 Å². The molecule has 0 saturated heterocycles. The average Bonchev–Trinajstić information content (AvgIpc) is 3.01. The summed E-state index contributed by atoms with van der Waals surface area (Å²) >= 11 is 2.95. The summed E-state index contributed by atoms with van der Waals surface area (Å²) < 4.78 is 0.818. The third-order valence-electron chi connectivity index (χ3n) is 3.11. The first-order valence-corrected chi connectivity index (χ1v) is 9.26. The lowest BCUT2D eigenvalue weighted by atomic mass is 10.2. The molecule has 0 fully saturated rings. The molecule has 2 aromatic rings. The van der Waals surface area contributed by atoms with Gasteiger partial charge in [-0.3, -0.25) is 4.79 Å². The molecule has 1 aromatic heterocycles. The number of anilines is 1. The molecule has 0 radical (unpaired) electrons. The number of nitrogens with one attached hydrogen (secondary N) is 1. The Morgan fingerprint density at radius 3 is 2.78 bits per heavy atom. The number of nitrogens with zero attached hydrogens (tertiary/aromatic N) is 3. The molecule has 0 aliphatic carbocycles.